The minimum absolute atomic E-state index is 0.0544. The van der Waals surface area contributed by atoms with Crippen molar-refractivity contribution in [3.63, 3.8) is 0 Å². The predicted molar refractivity (Wildman–Crippen MR) is 70.1 cm³/mol. The molecule has 0 bridgehead atoms. The van der Waals surface area contributed by atoms with Gasteiger partial charge in [-0.05, 0) is 31.0 Å². The highest BCUT2D eigenvalue weighted by Gasteiger charge is 2.10. The molecule has 0 saturated heterocycles. The van der Waals surface area contributed by atoms with Gasteiger partial charge in [0.05, 0.1) is 0 Å². The third-order valence-corrected chi connectivity index (χ3v) is 2.90. The molecule has 7 heteroatoms. The number of halogens is 2. The molecule has 0 atom stereocenters. The molecule has 0 aliphatic carbocycles. The van der Waals surface area contributed by atoms with E-state index in [1.165, 1.54) is 6.07 Å². The van der Waals surface area contributed by atoms with Gasteiger partial charge in [0.15, 0.2) is 5.82 Å². The number of amides is 1. The van der Waals surface area contributed by atoms with Gasteiger partial charge in [-0.2, -0.15) is 4.98 Å². The molecule has 0 radical (unpaired) electrons. The first-order valence-electron chi connectivity index (χ1n) is 5.58. The number of hydrogen-bond acceptors (Lipinski definition) is 4. The van der Waals surface area contributed by atoms with Crippen molar-refractivity contribution in [2.24, 2.45) is 0 Å². The van der Waals surface area contributed by atoms with E-state index in [0.717, 1.165) is 0 Å². The van der Waals surface area contributed by atoms with E-state index in [4.69, 9.17) is 4.52 Å². The Morgan fingerprint density at radius 3 is 2.95 bits per heavy atom. The van der Waals surface area contributed by atoms with E-state index < -0.39 is 0 Å². The highest BCUT2D eigenvalue weighted by Crippen LogP contribution is 2.16. The summed E-state index contributed by atoms with van der Waals surface area (Å²) in [5.74, 6) is -0.198. The van der Waals surface area contributed by atoms with E-state index in [1.54, 1.807) is 19.1 Å². The molecule has 19 heavy (non-hydrogen) atoms. The normalized spacial score (nSPS) is 10.5. The molecule has 0 saturated carbocycles. The molecule has 2 aromatic rings. The summed E-state index contributed by atoms with van der Waals surface area (Å²) in [4.78, 5) is 15.4. The zero-order valence-corrected chi connectivity index (χ0v) is 11.7. The van der Waals surface area contributed by atoms with E-state index in [2.05, 4.69) is 31.4 Å². The smallest absolute Gasteiger partial charge is 0.315 e. The average molecular weight is 328 g/mol. The lowest BCUT2D eigenvalue weighted by Gasteiger charge is -2.03. The second kappa shape index (κ2) is 5.92. The summed E-state index contributed by atoms with van der Waals surface area (Å²) >= 11 is 3.18. The summed E-state index contributed by atoms with van der Waals surface area (Å²) in [6.07, 6.45) is 0.443. The highest BCUT2D eigenvalue weighted by molar-refractivity contribution is 9.10. The quantitative estimate of drug-likeness (QED) is 0.937. The van der Waals surface area contributed by atoms with Crippen molar-refractivity contribution in [1.82, 2.24) is 10.1 Å². The zero-order valence-electron chi connectivity index (χ0n) is 10.1. The zero-order chi connectivity index (χ0) is 13.8. The number of anilines is 1. The predicted octanol–water partition coefficient (Wildman–Crippen LogP) is 2.85. The Balaban J connectivity index is 1.89. The molecule has 100 valence electrons. The van der Waals surface area contributed by atoms with Gasteiger partial charge in [0.1, 0.15) is 5.82 Å². The Hall–Kier alpha value is -1.76. The highest BCUT2D eigenvalue weighted by atomic mass is 79.9. The van der Waals surface area contributed by atoms with E-state index >= 15 is 0 Å². The third kappa shape index (κ3) is 3.85. The summed E-state index contributed by atoms with van der Waals surface area (Å²) in [7, 11) is 0. The summed E-state index contributed by atoms with van der Waals surface area (Å²) in [5.41, 5.74) is 0.486. The lowest BCUT2D eigenvalue weighted by molar-refractivity contribution is -0.116. The minimum Gasteiger partial charge on any atom is -0.315 e. The Bertz CT molecular complexity index is 600. The number of benzene rings is 1. The van der Waals surface area contributed by atoms with E-state index in [9.17, 15) is 9.18 Å². The summed E-state index contributed by atoms with van der Waals surface area (Å²) in [5, 5.41) is 6.00. The molecule has 0 fully saturated rings. The van der Waals surface area contributed by atoms with E-state index in [0.29, 0.717) is 22.3 Å². The van der Waals surface area contributed by atoms with Crippen molar-refractivity contribution >= 4 is 27.9 Å². The number of aryl methyl sites for hydroxylation is 2. The topological polar surface area (TPSA) is 68.0 Å². The van der Waals surface area contributed by atoms with Gasteiger partial charge in [0.25, 0.3) is 0 Å². The molecule has 1 aromatic carbocycles. The van der Waals surface area contributed by atoms with Crippen molar-refractivity contribution in [3.05, 3.63) is 39.9 Å². The van der Waals surface area contributed by atoms with Crippen molar-refractivity contribution in [2.45, 2.75) is 19.8 Å². The first kappa shape index (κ1) is 13.7. The molecule has 2 rings (SSSR count). The van der Waals surface area contributed by atoms with Crippen LogP contribution in [-0.2, 0) is 11.2 Å². The van der Waals surface area contributed by atoms with Crippen LogP contribution in [0, 0.1) is 12.7 Å². The van der Waals surface area contributed by atoms with Crippen LogP contribution in [0.15, 0.2) is 27.2 Å². The van der Waals surface area contributed by atoms with Crippen molar-refractivity contribution in [1.29, 1.82) is 0 Å². The van der Waals surface area contributed by atoms with Gasteiger partial charge in [0, 0.05) is 10.9 Å². The van der Waals surface area contributed by atoms with Crippen LogP contribution in [0.4, 0.5) is 10.4 Å². The molecular weight excluding hydrogens is 317 g/mol. The average Bonchev–Trinajstić information content (AvgIpc) is 2.73. The van der Waals surface area contributed by atoms with Gasteiger partial charge < -0.3 is 4.52 Å². The Labute approximate surface area is 117 Å². The first-order valence-corrected chi connectivity index (χ1v) is 6.38. The monoisotopic (exact) mass is 327 g/mol. The number of carbonyl (C=O) groups excluding carboxylic acids is 1. The largest absolute Gasteiger partial charge is 0.328 e. The molecule has 0 aliphatic heterocycles. The Morgan fingerprint density at radius 2 is 2.32 bits per heavy atom. The van der Waals surface area contributed by atoms with Gasteiger partial charge in [-0.3, -0.25) is 10.1 Å². The standard InChI is InChI=1S/C12H11BrFN3O2/c1-7-15-12(19-17-7)16-11(18)5-3-8-2-4-9(13)6-10(8)14/h2,4,6H,3,5H2,1H3,(H,15,16,17,18). The van der Waals surface area contributed by atoms with E-state index in [-0.39, 0.29) is 24.2 Å². The number of aromatic nitrogens is 2. The maximum atomic E-state index is 13.5. The molecule has 0 unspecified atom stereocenters. The molecule has 1 heterocycles. The van der Waals surface area contributed by atoms with Crippen LogP contribution in [0.25, 0.3) is 0 Å². The maximum Gasteiger partial charge on any atom is 0.328 e. The SMILES string of the molecule is Cc1noc(NC(=O)CCc2ccc(Br)cc2F)n1. The molecule has 1 aromatic heterocycles. The van der Waals surface area contributed by atoms with Crippen LogP contribution in [0.5, 0.6) is 0 Å². The molecule has 1 N–H and O–H groups in total. The van der Waals surface area contributed by atoms with Crippen molar-refractivity contribution < 1.29 is 13.7 Å². The van der Waals surface area contributed by atoms with Crippen LogP contribution < -0.4 is 5.32 Å². The lowest BCUT2D eigenvalue weighted by atomic mass is 10.1. The molecule has 0 aliphatic rings. The van der Waals surface area contributed by atoms with Crippen LogP contribution in [0.2, 0.25) is 0 Å². The van der Waals surface area contributed by atoms with E-state index in [1.807, 2.05) is 0 Å². The van der Waals surface area contributed by atoms with Crippen LogP contribution >= 0.6 is 15.9 Å². The summed E-state index contributed by atoms with van der Waals surface area (Å²) in [6.45, 7) is 1.65. The van der Waals surface area contributed by atoms with Gasteiger partial charge in [-0.1, -0.05) is 27.2 Å². The fourth-order valence-corrected chi connectivity index (χ4v) is 1.84. The second-order valence-corrected chi connectivity index (χ2v) is 4.85. The van der Waals surface area contributed by atoms with Crippen LogP contribution in [0.3, 0.4) is 0 Å². The lowest BCUT2D eigenvalue weighted by Crippen LogP contribution is -2.13. The van der Waals surface area contributed by atoms with Crippen LogP contribution in [0.1, 0.15) is 17.8 Å². The minimum atomic E-state index is -0.337. The van der Waals surface area contributed by atoms with Crippen molar-refractivity contribution in [2.75, 3.05) is 5.32 Å². The molecule has 0 spiro atoms. The summed E-state index contributed by atoms with van der Waals surface area (Å²) < 4.78 is 18.9. The number of nitrogens with one attached hydrogen (secondary N) is 1. The van der Waals surface area contributed by atoms with Gasteiger partial charge in [-0.15, -0.1) is 0 Å². The number of rotatable bonds is 4. The molecule has 1 amide bonds. The second-order valence-electron chi connectivity index (χ2n) is 3.93. The molecule has 5 nitrogen and oxygen atoms in total. The molecular formula is C12H11BrFN3O2. The number of carbonyl (C=O) groups is 1. The van der Waals surface area contributed by atoms with Crippen molar-refractivity contribution in [3.8, 4) is 0 Å². The number of hydrogen-bond donors (Lipinski definition) is 1. The van der Waals surface area contributed by atoms with Gasteiger partial charge >= 0.3 is 6.01 Å². The Morgan fingerprint density at radius 1 is 1.53 bits per heavy atom. The maximum absolute atomic E-state index is 13.5. The fourth-order valence-electron chi connectivity index (χ4n) is 1.50. The van der Waals surface area contributed by atoms with Crippen LogP contribution in [-0.4, -0.2) is 16.0 Å². The van der Waals surface area contributed by atoms with Gasteiger partial charge in [0.2, 0.25) is 5.91 Å². The third-order valence-electron chi connectivity index (χ3n) is 2.41. The number of nitrogens with zero attached hydrogens (tertiary/aromatic N) is 2. The first-order chi connectivity index (χ1) is 9.04. The fraction of sp³-hybridized carbons (Fsp3) is 0.250. The summed E-state index contributed by atoms with van der Waals surface area (Å²) in [6, 6.07) is 4.80. The Kier molecular flexibility index (Phi) is 4.26. The van der Waals surface area contributed by atoms with Gasteiger partial charge in [-0.25, -0.2) is 4.39 Å².